The lowest BCUT2D eigenvalue weighted by Crippen LogP contribution is -2.33. The van der Waals surface area contributed by atoms with Crippen LogP contribution in [0.25, 0.3) is 0 Å². The molecule has 0 aliphatic heterocycles. The minimum atomic E-state index is -0.833. The first-order valence-corrected chi connectivity index (χ1v) is 7.00. The third-order valence-electron chi connectivity index (χ3n) is 3.24. The van der Waals surface area contributed by atoms with Crippen molar-refractivity contribution in [3.05, 3.63) is 59.7 Å². The molecule has 1 N–H and O–H groups in total. The van der Waals surface area contributed by atoms with Gasteiger partial charge in [-0.3, -0.25) is 4.79 Å². The normalized spacial score (nSPS) is 11.8. The molecule has 0 fully saturated rings. The maximum Gasteiger partial charge on any atom is 0.265 e. The lowest BCUT2D eigenvalue weighted by molar-refractivity contribution is -0.122. The molecule has 5 heteroatoms. The maximum absolute atomic E-state index is 13.6. The van der Waals surface area contributed by atoms with Gasteiger partial charge in [-0.25, -0.2) is 8.78 Å². The van der Waals surface area contributed by atoms with E-state index in [9.17, 15) is 13.6 Å². The van der Waals surface area contributed by atoms with E-state index in [2.05, 4.69) is 5.32 Å². The highest BCUT2D eigenvalue weighted by molar-refractivity contribution is 5.94. The summed E-state index contributed by atoms with van der Waals surface area (Å²) < 4.78 is 32.8. The molecule has 0 spiro atoms. The molecule has 0 heterocycles. The molecule has 1 amide bonds. The van der Waals surface area contributed by atoms with Crippen molar-refractivity contribution in [3.8, 4) is 5.75 Å². The monoisotopic (exact) mass is 305 g/mol. The van der Waals surface area contributed by atoms with Gasteiger partial charge in [-0.1, -0.05) is 31.2 Å². The Labute approximate surface area is 127 Å². The highest BCUT2D eigenvalue weighted by Crippen LogP contribution is 2.21. The number of para-hydroxylation sites is 2. The summed E-state index contributed by atoms with van der Waals surface area (Å²) in [5.41, 5.74) is 0.421. The van der Waals surface area contributed by atoms with Gasteiger partial charge in [0.05, 0.1) is 0 Å². The van der Waals surface area contributed by atoms with Crippen molar-refractivity contribution in [1.29, 1.82) is 0 Å². The molecule has 3 nitrogen and oxygen atoms in total. The highest BCUT2D eigenvalue weighted by atomic mass is 19.1. The minimum absolute atomic E-state index is 0.371. The Kier molecular flexibility index (Phi) is 5.09. The van der Waals surface area contributed by atoms with Crippen LogP contribution in [0.5, 0.6) is 5.75 Å². The van der Waals surface area contributed by atoms with E-state index in [-0.39, 0.29) is 0 Å². The van der Waals surface area contributed by atoms with Crippen LogP contribution in [0.4, 0.5) is 14.5 Å². The number of ether oxygens (including phenoxy) is 1. The van der Waals surface area contributed by atoms with Crippen LogP contribution in [0, 0.1) is 18.6 Å². The first kappa shape index (κ1) is 15.9. The standard InChI is InChI=1S/C17H17F2NO2/c1-3-14(22-15-10-5-4-7-11(15)2)17(21)20-16-12(18)8-6-9-13(16)19/h4-10,14H,3H2,1-2H3,(H,20,21)/t14-/m0/s1. The average molecular weight is 305 g/mol. The number of aryl methyl sites for hydroxylation is 1. The Morgan fingerprint density at radius 1 is 1.14 bits per heavy atom. The molecule has 0 bridgehead atoms. The smallest absolute Gasteiger partial charge is 0.265 e. The second-order valence-electron chi connectivity index (χ2n) is 4.87. The Hall–Kier alpha value is -2.43. The Morgan fingerprint density at radius 3 is 2.36 bits per heavy atom. The van der Waals surface area contributed by atoms with Crippen molar-refractivity contribution in [3.63, 3.8) is 0 Å². The second-order valence-corrected chi connectivity index (χ2v) is 4.87. The van der Waals surface area contributed by atoms with Crippen LogP contribution >= 0.6 is 0 Å². The fourth-order valence-electron chi connectivity index (χ4n) is 1.99. The third-order valence-corrected chi connectivity index (χ3v) is 3.24. The van der Waals surface area contributed by atoms with Gasteiger partial charge in [0.1, 0.15) is 23.1 Å². The van der Waals surface area contributed by atoms with Crippen LogP contribution in [-0.4, -0.2) is 12.0 Å². The number of rotatable bonds is 5. The van der Waals surface area contributed by atoms with Gasteiger partial charge in [0.2, 0.25) is 0 Å². The van der Waals surface area contributed by atoms with Crippen LogP contribution in [0.3, 0.4) is 0 Å². The van der Waals surface area contributed by atoms with Crippen molar-refractivity contribution < 1.29 is 18.3 Å². The zero-order chi connectivity index (χ0) is 16.1. The summed E-state index contributed by atoms with van der Waals surface area (Å²) in [5, 5.41) is 2.26. The summed E-state index contributed by atoms with van der Waals surface area (Å²) in [5.74, 6) is -1.66. The molecule has 0 aliphatic rings. The van der Waals surface area contributed by atoms with E-state index in [0.717, 1.165) is 17.7 Å². The molecule has 2 aromatic carbocycles. The van der Waals surface area contributed by atoms with Crippen molar-refractivity contribution >= 4 is 11.6 Å². The molecule has 1 atom stereocenters. The summed E-state index contributed by atoms with van der Waals surface area (Å²) in [6.45, 7) is 3.62. The van der Waals surface area contributed by atoms with Gasteiger partial charge in [0.25, 0.3) is 5.91 Å². The molecule has 0 aliphatic carbocycles. The Balaban J connectivity index is 2.14. The van der Waals surface area contributed by atoms with Crippen LogP contribution in [-0.2, 0) is 4.79 Å². The predicted octanol–water partition coefficient (Wildman–Crippen LogP) is 4.07. The van der Waals surface area contributed by atoms with Crippen LogP contribution in [0.2, 0.25) is 0 Å². The molecule has 0 radical (unpaired) electrons. The van der Waals surface area contributed by atoms with E-state index in [0.29, 0.717) is 12.2 Å². The highest BCUT2D eigenvalue weighted by Gasteiger charge is 2.21. The number of amides is 1. The van der Waals surface area contributed by atoms with Crippen LogP contribution < -0.4 is 10.1 Å². The molecule has 0 saturated heterocycles. The molecular weight excluding hydrogens is 288 g/mol. The van der Waals surface area contributed by atoms with Gasteiger partial charge in [-0.15, -0.1) is 0 Å². The minimum Gasteiger partial charge on any atom is -0.480 e. The van der Waals surface area contributed by atoms with E-state index < -0.39 is 29.3 Å². The van der Waals surface area contributed by atoms with Gasteiger partial charge in [-0.05, 0) is 37.1 Å². The van der Waals surface area contributed by atoms with Crippen molar-refractivity contribution in [2.24, 2.45) is 0 Å². The number of halogens is 2. The number of nitrogens with one attached hydrogen (secondary N) is 1. The Morgan fingerprint density at radius 2 is 1.77 bits per heavy atom. The molecule has 0 aromatic heterocycles. The summed E-state index contributed by atoms with van der Waals surface area (Å²) in [4.78, 5) is 12.2. The first-order chi connectivity index (χ1) is 10.5. The SMILES string of the molecule is CC[C@H](Oc1ccccc1C)C(=O)Nc1c(F)cccc1F. The summed E-state index contributed by atoms with van der Waals surface area (Å²) in [6.07, 6.45) is -0.462. The fraction of sp³-hybridized carbons (Fsp3) is 0.235. The van der Waals surface area contributed by atoms with Crippen molar-refractivity contribution in [1.82, 2.24) is 0 Å². The lowest BCUT2D eigenvalue weighted by atomic mass is 10.2. The van der Waals surface area contributed by atoms with Crippen molar-refractivity contribution in [2.75, 3.05) is 5.32 Å². The van der Waals surface area contributed by atoms with Crippen LogP contribution in [0.1, 0.15) is 18.9 Å². The van der Waals surface area contributed by atoms with E-state index in [1.165, 1.54) is 6.07 Å². The molecule has 0 saturated carbocycles. The number of benzene rings is 2. The van der Waals surface area contributed by atoms with Gasteiger partial charge >= 0.3 is 0 Å². The molecule has 0 unspecified atom stereocenters. The molecule has 22 heavy (non-hydrogen) atoms. The van der Waals surface area contributed by atoms with E-state index >= 15 is 0 Å². The second kappa shape index (κ2) is 7.02. The number of carbonyl (C=O) groups excluding carboxylic acids is 1. The van der Waals surface area contributed by atoms with Gasteiger partial charge in [-0.2, -0.15) is 0 Å². The summed E-state index contributed by atoms with van der Waals surface area (Å²) >= 11 is 0. The predicted molar refractivity (Wildman–Crippen MR) is 80.9 cm³/mol. The van der Waals surface area contributed by atoms with Crippen molar-refractivity contribution in [2.45, 2.75) is 26.4 Å². The number of carbonyl (C=O) groups is 1. The van der Waals surface area contributed by atoms with Gasteiger partial charge in [0, 0.05) is 0 Å². The maximum atomic E-state index is 13.6. The van der Waals surface area contributed by atoms with E-state index in [1.807, 2.05) is 19.1 Å². The average Bonchev–Trinajstić information content (AvgIpc) is 2.50. The fourth-order valence-corrected chi connectivity index (χ4v) is 1.99. The molecule has 116 valence electrons. The molecule has 2 rings (SSSR count). The van der Waals surface area contributed by atoms with E-state index in [1.54, 1.807) is 19.1 Å². The number of anilines is 1. The molecular formula is C17H17F2NO2. The molecule has 2 aromatic rings. The first-order valence-electron chi connectivity index (χ1n) is 7.00. The largest absolute Gasteiger partial charge is 0.480 e. The van der Waals surface area contributed by atoms with Gasteiger partial charge < -0.3 is 10.1 Å². The number of hydrogen-bond donors (Lipinski definition) is 1. The van der Waals surface area contributed by atoms with Crippen LogP contribution in [0.15, 0.2) is 42.5 Å². The quantitative estimate of drug-likeness (QED) is 0.904. The zero-order valence-corrected chi connectivity index (χ0v) is 12.4. The third kappa shape index (κ3) is 3.61. The number of hydrogen-bond acceptors (Lipinski definition) is 2. The zero-order valence-electron chi connectivity index (χ0n) is 12.4. The Bertz CT molecular complexity index is 653. The van der Waals surface area contributed by atoms with E-state index in [4.69, 9.17) is 4.74 Å². The van der Waals surface area contributed by atoms with Gasteiger partial charge in [0.15, 0.2) is 6.10 Å². The lowest BCUT2D eigenvalue weighted by Gasteiger charge is -2.19. The topological polar surface area (TPSA) is 38.3 Å². The summed E-state index contributed by atoms with van der Waals surface area (Å²) in [7, 11) is 0. The summed E-state index contributed by atoms with van der Waals surface area (Å²) in [6, 6.07) is 10.7.